The van der Waals surface area contributed by atoms with E-state index >= 15 is 0 Å². The highest BCUT2D eigenvalue weighted by Crippen LogP contribution is 2.24. The van der Waals surface area contributed by atoms with Crippen LogP contribution in [0.4, 0.5) is 11.4 Å². The van der Waals surface area contributed by atoms with Crippen molar-refractivity contribution in [3.05, 3.63) is 33.9 Å². The number of nitro benzene ring substituents is 1. The molecule has 2 N–H and O–H groups in total. The molecule has 7 heteroatoms. The zero-order chi connectivity index (χ0) is 14.3. The summed E-state index contributed by atoms with van der Waals surface area (Å²) in [6, 6.07) is 4.32. The fourth-order valence-electron chi connectivity index (χ4n) is 1.56. The zero-order valence-electron chi connectivity index (χ0n) is 10.9. The molecular formula is C12H17N3O4. The summed E-state index contributed by atoms with van der Waals surface area (Å²) in [5, 5.41) is 16.3. The molecule has 0 radical (unpaired) electrons. The second kappa shape index (κ2) is 7.32. The van der Waals surface area contributed by atoms with Crippen molar-refractivity contribution in [1.82, 2.24) is 5.32 Å². The van der Waals surface area contributed by atoms with Crippen LogP contribution in [-0.2, 0) is 4.74 Å². The van der Waals surface area contributed by atoms with E-state index in [1.165, 1.54) is 12.1 Å². The summed E-state index contributed by atoms with van der Waals surface area (Å²) in [6.45, 7) is 1.02. The smallest absolute Gasteiger partial charge is 0.293 e. The molecule has 1 aromatic carbocycles. The number of nitro groups is 1. The molecule has 0 aliphatic rings. The fraction of sp³-hybridized carbons (Fsp3) is 0.417. The van der Waals surface area contributed by atoms with Crippen LogP contribution in [0.15, 0.2) is 18.2 Å². The van der Waals surface area contributed by atoms with Crippen LogP contribution >= 0.6 is 0 Å². The highest BCUT2D eigenvalue weighted by molar-refractivity contribution is 5.95. The summed E-state index contributed by atoms with van der Waals surface area (Å²) in [4.78, 5) is 22.1. The summed E-state index contributed by atoms with van der Waals surface area (Å²) < 4.78 is 4.86. The molecule has 0 saturated heterocycles. The first kappa shape index (κ1) is 14.9. The third-order valence-corrected chi connectivity index (χ3v) is 2.54. The summed E-state index contributed by atoms with van der Waals surface area (Å²) in [5.74, 6) is -0.332. The predicted molar refractivity (Wildman–Crippen MR) is 71.5 cm³/mol. The number of hydrogen-bond acceptors (Lipinski definition) is 5. The number of benzene rings is 1. The maximum absolute atomic E-state index is 11.8. The van der Waals surface area contributed by atoms with Crippen molar-refractivity contribution in [2.45, 2.75) is 6.42 Å². The Morgan fingerprint density at radius 1 is 1.47 bits per heavy atom. The van der Waals surface area contributed by atoms with Crippen LogP contribution in [0.25, 0.3) is 0 Å². The van der Waals surface area contributed by atoms with Gasteiger partial charge in [0, 0.05) is 38.9 Å². The van der Waals surface area contributed by atoms with Gasteiger partial charge in [0.05, 0.1) is 4.92 Å². The van der Waals surface area contributed by atoms with Crippen LogP contribution in [-0.4, -0.2) is 38.1 Å². The third-order valence-electron chi connectivity index (χ3n) is 2.54. The van der Waals surface area contributed by atoms with Gasteiger partial charge in [-0.05, 0) is 18.6 Å². The molecule has 0 unspecified atom stereocenters. The Labute approximate surface area is 111 Å². The molecule has 19 heavy (non-hydrogen) atoms. The van der Waals surface area contributed by atoms with Gasteiger partial charge in [0.15, 0.2) is 0 Å². The molecule has 0 spiro atoms. The number of nitrogens with zero attached hydrogens (tertiary/aromatic N) is 1. The largest absolute Gasteiger partial charge is 0.385 e. The Balaban J connectivity index is 2.75. The summed E-state index contributed by atoms with van der Waals surface area (Å²) in [6.07, 6.45) is 0.693. The van der Waals surface area contributed by atoms with Gasteiger partial charge in [-0.25, -0.2) is 0 Å². The highest BCUT2D eigenvalue weighted by atomic mass is 16.6. The number of amides is 1. The Bertz CT molecular complexity index is 462. The second-order valence-corrected chi connectivity index (χ2v) is 3.84. The minimum absolute atomic E-state index is 0.118. The molecule has 0 aromatic heterocycles. The van der Waals surface area contributed by atoms with E-state index in [0.29, 0.717) is 25.3 Å². The minimum atomic E-state index is -0.520. The highest BCUT2D eigenvalue weighted by Gasteiger charge is 2.16. The molecule has 7 nitrogen and oxygen atoms in total. The monoisotopic (exact) mass is 267 g/mol. The van der Waals surface area contributed by atoms with Gasteiger partial charge in [0.2, 0.25) is 0 Å². The maximum Gasteiger partial charge on any atom is 0.293 e. The molecule has 0 fully saturated rings. The van der Waals surface area contributed by atoms with Crippen LogP contribution in [0.5, 0.6) is 0 Å². The normalized spacial score (nSPS) is 10.0. The minimum Gasteiger partial charge on any atom is -0.385 e. The lowest BCUT2D eigenvalue weighted by molar-refractivity contribution is -0.384. The number of carbonyl (C=O) groups excluding carboxylic acids is 1. The second-order valence-electron chi connectivity index (χ2n) is 3.84. The number of hydrogen-bond donors (Lipinski definition) is 2. The average Bonchev–Trinajstić information content (AvgIpc) is 2.42. The molecule has 1 aromatic rings. The molecule has 1 rings (SSSR count). The topological polar surface area (TPSA) is 93.5 Å². The van der Waals surface area contributed by atoms with Crippen LogP contribution in [0, 0.1) is 10.1 Å². The first-order chi connectivity index (χ1) is 9.10. The Morgan fingerprint density at radius 2 is 2.21 bits per heavy atom. The number of carbonyl (C=O) groups is 1. The van der Waals surface area contributed by atoms with Gasteiger partial charge >= 0.3 is 0 Å². The lowest BCUT2D eigenvalue weighted by Gasteiger charge is -2.07. The first-order valence-corrected chi connectivity index (χ1v) is 5.83. The quantitative estimate of drug-likeness (QED) is 0.442. The molecule has 104 valence electrons. The van der Waals surface area contributed by atoms with E-state index in [1.54, 1.807) is 20.2 Å². The van der Waals surface area contributed by atoms with Gasteiger partial charge in [0.25, 0.3) is 11.6 Å². The molecule has 0 aliphatic carbocycles. The molecule has 0 bridgehead atoms. The van der Waals surface area contributed by atoms with Crippen molar-refractivity contribution in [2.24, 2.45) is 0 Å². The van der Waals surface area contributed by atoms with Crippen molar-refractivity contribution in [3.63, 3.8) is 0 Å². The molecule has 0 saturated carbocycles. The third kappa shape index (κ3) is 4.22. The molecule has 1 amide bonds. The number of ether oxygens (including phenoxy) is 1. The van der Waals surface area contributed by atoms with Gasteiger partial charge in [-0.15, -0.1) is 0 Å². The van der Waals surface area contributed by atoms with Crippen LogP contribution in [0.2, 0.25) is 0 Å². The average molecular weight is 267 g/mol. The fourth-order valence-corrected chi connectivity index (χ4v) is 1.56. The van der Waals surface area contributed by atoms with E-state index in [2.05, 4.69) is 10.6 Å². The van der Waals surface area contributed by atoms with E-state index in [0.717, 1.165) is 0 Å². The van der Waals surface area contributed by atoms with Gasteiger partial charge < -0.3 is 15.4 Å². The Kier molecular flexibility index (Phi) is 5.74. The van der Waals surface area contributed by atoms with Crippen molar-refractivity contribution in [2.75, 3.05) is 32.6 Å². The van der Waals surface area contributed by atoms with Crippen molar-refractivity contribution < 1.29 is 14.5 Å². The SMILES string of the molecule is CNc1ccc(C(=O)NCCCOC)cc1[N+](=O)[O-]. The van der Waals surface area contributed by atoms with Crippen molar-refractivity contribution in [1.29, 1.82) is 0 Å². The molecule has 0 atom stereocenters. The molecule has 0 heterocycles. The summed E-state index contributed by atoms with van der Waals surface area (Å²) >= 11 is 0. The van der Waals surface area contributed by atoms with E-state index in [1.807, 2.05) is 0 Å². The van der Waals surface area contributed by atoms with Crippen LogP contribution in [0.1, 0.15) is 16.8 Å². The predicted octanol–water partition coefficient (Wildman–Crippen LogP) is 1.40. The van der Waals surface area contributed by atoms with E-state index in [9.17, 15) is 14.9 Å². The van der Waals surface area contributed by atoms with E-state index < -0.39 is 4.92 Å². The first-order valence-electron chi connectivity index (χ1n) is 5.83. The lowest BCUT2D eigenvalue weighted by atomic mass is 10.1. The van der Waals surface area contributed by atoms with E-state index in [-0.39, 0.29) is 17.2 Å². The molecule has 0 aliphatic heterocycles. The maximum atomic E-state index is 11.8. The Morgan fingerprint density at radius 3 is 2.79 bits per heavy atom. The van der Waals surface area contributed by atoms with Gasteiger partial charge in [-0.2, -0.15) is 0 Å². The Hall–Kier alpha value is -2.15. The number of nitrogens with one attached hydrogen (secondary N) is 2. The number of rotatable bonds is 7. The van der Waals surface area contributed by atoms with Crippen LogP contribution in [0.3, 0.4) is 0 Å². The van der Waals surface area contributed by atoms with Gasteiger partial charge in [-0.3, -0.25) is 14.9 Å². The van der Waals surface area contributed by atoms with Gasteiger partial charge in [0.1, 0.15) is 5.69 Å². The number of methoxy groups -OCH3 is 1. The van der Waals surface area contributed by atoms with Crippen molar-refractivity contribution >= 4 is 17.3 Å². The standard InChI is InChI=1S/C12H17N3O4/c1-13-10-5-4-9(8-11(10)15(17)18)12(16)14-6-3-7-19-2/h4-5,8,13H,3,6-7H2,1-2H3,(H,14,16). The van der Waals surface area contributed by atoms with Crippen LogP contribution < -0.4 is 10.6 Å². The lowest BCUT2D eigenvalue weighted by Crippen LogP contribution is -2.25. The zero-order valence-corrected chi connectivity index (χ0v) is 10.9. The van der Waals surface area contributed by atoms with Gasteiger partial charge in [-0.1, -0.05) is 0 Å². The van der Waals surface area contributed by atoms with Crippen molar-refractivity contribution in [3.8, 4) is 0 Å². The van der Waals surface area contributed by atoms with E-state index in [4.69, 9.17) is 4.74 Å². The summed E-state index contributed by atoms with van der Waals surface area (Å²) in [5.41, 5.74) is 0.524. The summed E-state index contributed by atoms with van der Waals surface area (Å²) in [7, 11) is 3.18. The molecular weight excluding hydrogens is 250 g/mol. The number of anilines is 1.